The highest BCUT2D eigenvalue weighted by Gasteiger charge is 2.43. The van der Waals surface area contributed by atoms with Gasteiger partial charge >= 0.3 is 0 Å². The molecule has 0 saturated carbocycles. The molecular formula is C75H54N4Si2. The molecule has 6 heteroatoms. The van der Waals surface area contributed by atoms with Crippen LogP contribution in [0.2, 0.25) is 0 Å². The van der Waals surface area contributed by atoms with Gasteiger partial charge in [0.25, 0.3) is 0 Å². The Kier molecular flexibility index (Phi) is 12.9. The van der Waals surface area contributed by atoms with E-state index in [-0.39, 0.29) is 0 Å². The second kappa shape index (κ2) is 21.3. The number of para-hydroxylation sites is 2. The van der Waals surface area contributed by atoms with E-state index in [0.29, 0.717) is 17.6 Å². The molecule has 382 valence electrons. The van der Waals surface area contributed by atoms with E-state index in [2.05, 4.69) is 332 Å². The zero-order chi connectivity index (χ0) is 54.0. The zero-order valence-electron chi connectivity index (χ0n) is 44.5. The Morgan fingerprint density at radius 3 is 0.827 bits per heavy atom. The van der Waals surface area contributed by atoms with Gasteiger partial charge in [-0.1, -0.05) is 315 Å². The molecule has 0 amide bonds. The van der Waals surface area contributed by atoms with Crippen molar-refractivity contribution >= 4 is 79.4 Å². The molecule has 0 bridgehead atoms. The molecule has 81 heavy (non-hydrogen) atoms. The van der Waals surface area contributed by atoms with Crippen LogP contribution in [0.15, 0.2) is 328 Å². The molecule has 0 radical (unpaired) electrons. The van der Waals surface area contributed by atoms with E-state index < -0.39 is 16.1 Å². The Balaban J connectivity index is 1.03. The summed E-state index contributed by atoms with van der Waals surface area (Å²) < 4.78 is 2.22. The van der Waals surface area contributed by atoms with E-state index in [4.69, 9.17) is 15.0 Å². The van der Waals surface area contributed by atoms with E-state index in [1.54, 1.807) is 0 Å². The minimum Gasteiger partial charge on any atom is -0.278 e. The zero-order valence-corrected chi connectivity index (χ0v) is 46.5. The molecule has 0 spiro atoms. The Morgan fingerprint density at radius 1 is 0.210 bits per heavy atom. The summed E-state index contributed by atoms with van der Waals surface area (Å²) >= 11 is 0. The van der Waals surface area contributed by atoms with Gasteiger partial charge in [-0.3, -0.25) is 4.57 Å². The van der Waals surface area contributed by atoms with Gasteiger partial charge < -0.3 is 0 Å². The molecule has 2 heterocycles. The third-order valence-electron chi connectivity index (χ3n) is 16.1. The number of fused-ring (bicyclic) bond motifs is 3. The number of aromatic nitrogens is 4. The highest BCUT2D eigenvalue weighted by atomic mass is 28.3. The van der Waals surface area contributed by atoms with Crippen molar-refractivity contribution in [3.8, 4) is 51.0 Å². The van der Waals surface area contributed by atoms with Crippen molar-refractivity contribution < 1.29 is 0 Å². The molecule has 0 aliphatic rings. The summed E-state index contributed by atoms with van der Waals surface area (Å²) in [6.07, 6.45) is 0. The van der Waals surface area contributed by atoms with Crippen LogP contribution in [0.1, 0.15) is 0 Å². The number of rotatable bonds is 13. The van der Waals surface area contributed by atoms with Crippen molar-refractivity contribution in [3.05, 3.63) is 328 Å². The van der Waals surface area contributed by atoms with Gasteiger partial charge in [-0.2, -0.15) is 9.97 Å². The summed E-state index contributed by atoms with van der Waals surface area (Å²) in [7, 11) is -6.14. The monoisotopic (exact) mass is 1070 g/mol. The predicted octanol–water partition coefficient (Wildman–Crippen LogP) is 12.4. The van der Waals surface area contributed by atoms with E-state index in [9.17, 15) is 0 Å². The lowest BCUT2D eigenvalue weighted by molar-refractivity contribution is 0.953. The SMILES string of the molecule is c1ccc(-c2cccc([Si](c3ccccc3)(c3cccc(-c4ccccc4)c3)c3cccc(-c4nc(-c5cccc([Si](c6ccccc6)(c6ccccc6)c6ccccc6)c5)nc(-n5c6ccccc6c6ccccc65)n4)c3)c2)cc1. The molecule has 4 nitrogen and oxygen atoms in total. The molecule has 0 aliphatic carbocycles. The van der Waals surface area contributed by atoms with Crippen LogP contribution in [0.3, 0.4) is 0 Å². The van der Waals surface area contributed by atoms with Crippen LogP contribution in [-0.2, 0) is 0 Å². The van der Waals surface area contributed by atoms with Gasteiger partial charge in [0.1, 0.15) is 0 Å². The first-order chi connectivity index (χ1) is 40.2. The summed E-state index contributed by atoms with van der Waals surface area (Å²) in [4.78, 5) is 16.8. The lowest BCUT2D eigenvalue weighted by Crippen LogP contribution is -2.74. The van der Waals surface area contributed by atoms with Crippen molar-refractivity contribution in [3.63, 3.8) is 0 Å². The van der Waals surface area contributed by atoms with Gasteiger partial charge in [-0.15, -0.1) is 0 Å². The van der Waals surface area contributed by atoms with Crippen molar-refractivity contribution in [1.82, 2.24) is 19.5 Å². The fraction of sp³-hybridized carbons (Fsp3) is 0. The van der Waals surface area contributed by atoms with E-state index in [1.807, 2.05) is 0 Å². The normalized spacial score (nSPS) is 11.7. The molecule has 14 rings (SSSR count). The van der Waals surface area contributed by atoms with Gasteiger partial charge in [0.05, 0.1) is 11.0 Å². The summed E-state index contributed by atoms with van der Waals surface area (Å²) in [5.41, 5.74) is 8.58. The number of benzene rings is 12. The average Bonchev–Trinajstić information content (AvgIpc) is 4.01. The van der Waals surface area contributed by atoms with E-state index >= 15 is 0 Å². The van der Waals surface area contributed by atoms with Gasteiger partial charge in [-0.05, 0) is 75.9 Å². The van der Waals surface area contributed by atoms with Crippen LogP contribution in [0, 0.1) is 0 Å². The van der Waals surface area contributed by atoms with Crippen LogP contribution >= 0.6 is 0 Å². The Bertz CT molecular complexity index is 4280. The third-order valence-corrected chi connectivity index (χ3v) is 25.6. The highest BCUT2D eigenvalue weighted by molar-refractivity contribution is 7.20. The summed E-state index contributed by atoms with van der Waals surface area (Å²) in [5.74, 6) is 1.74. The van der Waals surface area contributed by atoms with Gasteiger partial charge in [0, 0.05) is 21.9 Å². The van der Waals surface area contributed by atoms with Crippen LogP contribution in [0.4, 0.5) is 0 Å². The molecule has 14 aromatic rings. The Hall–Kier alpha value is -10.1. The minimum absolute atomic E-state index is 0.554. The number of hydrogen-bond donors (Lipinski definition) is 0. The Morgan fingerprint density at radius 2 is 0.469 bits per heavy atom. The number of nitrogens with zero attached hydrogens (tertiary/aromatic N) is 4. The summed E-state index contributed by atoms with van der Waals surface area (Å²) in [6.45, 7) is 0. The van der Waals surface area contributed by atoms with Gasteiger partial charge in [-0.25, -0.2) is 4.98 Å². The fourth-order valence-electron chi connectivity index (χ4n) is 12.5. The molecular weight excluding hydrogens is 1010 g/mol. The van der Waals surface area contributed by atoms with Crippen LogP contribution in [-0.4, -0.2) is 35.7 Å². The average molecular weight is 1070 g/mol. The maximum atomic E-state index is 5.63. The topological polar surface area (TPSA) is 43.6 Å². The first-order valence-corrected chi connectivity index (χ1v) is 31.7. The smallest absolute Gasteiger partial charge is 0.238 e. The third kappa shape index (κ3) is 8.75. The second-order valence-corrected chi connectivity index (χ2v) is 28.3. The molecule has 0 unspecified atom stereocenters. The quantitative estimate of drug-likeness (QED) is 0.0854. The standard InChI is InChI=1S/C75H54N4Si2/c1-7-27-55(28-8-1)57-31-23-43-65(51-57)81(64-41-17-6-18-42-64,66-44-24-32-58(52-66)56-29-9-2-10-30-56)68-46-26-34-60(54-68)74-76-73(77-75(78-74)79-71-49-21-19-47-69(71)70-48-20-22-50-72(70)79)59-33-25-45-67(53-59)80(61-35-11-3-12-36-61,62-37-13-4-14-38-62)63-39-15-5-16-40-63/h1-54H. The molecule has 0 N–H and O–H groups in total. The first-order valence-electron chi connectivity index (χ1n) is 27.7. The fourth-order valence-corrected chi connectivity index (χ4v) is 22.2. The Labute approximate surface area is 474 Å². The maximum absolute atomic E-state index is 5.63. The predicted molar refractivity (Wildman–Crippen MR) is 343 cm³/mol. The van der Waals surface area contributed by atoms with Crippen molar-refractivity contribution in [2.45, 2.75) is 0 Å². The summed E-state index contributed by atoms with van der Waals surface area (Å²) in [5, 5.41) is 12.5. The molecule has 0 atom stereocenters. The molecule has 12 aromatic carbocycles. The largest absolute Gasteiger partial charge is 0.278 e. The minimum atomic E-state index is -3.21. The molecule has 0 aliphatic heterocycles. The van der Waals surface area contributed by atoms with Crippen LogP contribution < -0.4 is 41.5 Å². The summed E-state index contributed by atoms with van der Waals surface area (Å²) in [6, 6.07) is 120. The van der Waals surface area contributed by atoms with Crippen molar-refractivity contribution in [1.29, 1.82) is 0 Å². The van der Waals surface area contributed by atoms with Gasteiger partial charge in [0.15, 0.2) is 27.8 Å². The lowest BCUT2D eigenvalue weighted by atomic mass is 10.1. The highest BCUT2D eigenvalue weighted by Crippen LogP contribution is 2.33. The van der Waals surface area contributed by atoms with Crippen LogP contribution in [0.5, 0.6) is 0 Å². The molecule has 0 fully saturated rings. The van der Waals surface area contributed by atoms with Crippen LogP contribution in [0.25, 0.3) is 72.8 Å². The van der Waals surface area contributed by atoms with E-state index in [1.165, 1.54) is 63.7 Å². The maximum Gasteiger partial charge on any atom is 0.238 e. The lowest BCUT2D eigenvalue weighted by Gasteiger charge is -2.35. The molecule has 2 aromatic heterocycles. The van der Waals surface area contributed by atoms with Crippen molar-refractivity contribution in [2.24, 2.45) is 0 Å². The first kappa shape index (κ1) is 49.2. The number of hydrogen-bond acceptors (Lipinski definition) is 3. The van der Waals surface area contributed by atoms with Gasteiger partial charge in [0.2, 0.25) is 5.95 Å². The second-order valence-electron chi connectivity index (χ2n) is 20.7. The van der Waals surface area contributed by atoms with E-state index in [0.717, 1.165) is 32.9 Å². The molecule has 0 saturated heterocycles. The van der Waals surface area contributed by atoms with Crippen molar-refractivity contribution in [2.75, 3.05) is 0 Å².